The van der Waals surface area contributed by atoms with E-state index in [0.717, 1.165) is 11.3 Å². The first kappa shape index (κ1) is 18.0. The predicted molar refractivity (Wildman–Crippen MR) is 101 cm³/mol. The van der Waals surface area contributed by atoms with E-state index in [4.69, 9.17) is 4.42 Å². The largest absolute Gasteiger partial charge is 0.461 e. The SMILES string of the molecule is CCN(C(C)=O)c1nc(/C=c2\s/c(=C\C(=O)c3ccco3)[nH]c2=O)cs1. The van der Waals surface area contributed by atoms with E-state index >= 15 is 0 Å². The number of thiazole rings is 2. The molecule has 134 valence electrons. The maximum atomic E-state index is 12.1. The summed E-state index contributed by atoms with van der Waals surface area (Å²) in [4.78, 5) is 44.3. The number of nitrogens with one attached hydrogen (secondary N) is 1. The van der Waals surface area contributed by atoms with Crippen LogP contribution in [0.5, 0.6) is 0 Å². The molecule has 0 aromatic carbocycles. The highest BCUT2D eigenvalue weighted by Gasteiger charge is 2.13. The molecule has 0 saturated heterocycles. The van der Waals surface area contributed by atoms with Crippen LogP contribution in [0.1, 0.15) is 30.1 Å². The second kappa shape index (κ2) is 7.63. The number of ketones is 1. The van der Waals surface area contributed by atoms with Crippen LogP contribution in [0, 0.1) is 0 Å². The number of aromatic amines is 1. The Hall–Kier alpha value is -2.78. The number of hydrogen-bond acceptors (Lipinski definition) is 7. The van der Waals surface area contributed by atoms with Crippen molar-refractivity contribution in [2.24, 2.45) is 0 Å². The number of hydrogen-bond donors (Lipinski definition) is 1. The number of H-pyrrole nitrogens is 1. The third kappa shape index (κ3) is 3.89. The zero-order valence-electron chi connectivity index (χ0n) is 14.0. The summed E-state index contributed by atoms with van der Waals surface area (Å²) in [6.45, 7) is 3.88. The Morgan fingerprint density at radius 2 is 2.23 bits per heavy atom. The second-order valence-electron chi connectivity index (χ2n) is 5.23. The van der Waals surface area contributed by atoms with Gasteiger partial charge in [-0.3, -0.25) is 19.3 Å². The van der Waals surface area contributed by atoms with Crippen LogP contribution in [0.2, 0.25) is 0 Å². The fraction of sp³-hybridized carbons (Fsp3) is 0.176. The van der Waals surface area contributed by atoms with Gasteiger partial charge in [0, 0.05) is 24.9 Å². The highest BCUT2D eigenvalue weighted by Crippen LogP contribution is 2.20. The third-order valence-electron chi connectivity index (χ3n) is 3.42. The van der Waals surface area contributed by atoms with Crippen molar-refractivity contribution in [3.05, 3.63) is 54.8 Å². The van der Waals surface area contributed by atoms with Gasteiger partial charge in [-0.15, -0.1) is 22.7 Å². The third-order valence-corrected chi connectivity index (χ3v) is 5.27. The first-order valence-electron chi connectivity index (χ1n) is 7.72. The number of amides is 1. The van der Waals surface area contributed by atoms with Gasteiger partial charge in [0.1, 0.15) is 0 Å². The number of Topliss-reactive ketones (excluding diaryl/α,β-unsaturated/α-hetero) is 1. The molecular weight excluding hydrogens is 374 g/mol. The maximum absolute atomic E-state index is 12.1. The van der Waals surface area contributed by atoms with Gasteiger partial charge in [0.2, 0.25) is 11.7 Å². The van der Waals surface area contributed by atoms with Crippen molar-refractivity contribution in [3.63, 3.8) is 0 Å². The number of rotatable bonds is 5. The van der Waals surface area contributed by atoms with Gasteiger partial charge in [-0.05, 0) is 25.1 Å². The lowest BCUT2D eigenvalue weighted by Crippen LogP contribution is -2.27. The Kier molecular flexibility index (Phi) is 5.29. The molecule has 9 heteroatoms. The molecule has 0 unspecified atom stereocenters. The predicted octanol–water partition coefficient (Wildman–Crippen LogP) is 1.35. The van der Waals surface area contributed by atoms with Crippen molar-refractivity contribution in [3.8, 4) is 0 Å². The highest BCUT2D eigenvalue weighted by molar-refractivity contribution is 7.14. The van der Waals surface area contributed by atoms with Gasteiger partial charge in [0.25, 0.3) is 5.56 Å². The Labute approximate surface area is 155 Å². The average molecular weight is 389 g/mol. The van der Waals surface area contributed by atoms with Crippen LogP contribution in [0.4, 0.5) is 5.13 Å². The molecule has 0 spiro atoms. The maximum Gasteiger partial charge on any atom is 0.266 e. The topological polar surface area (TPSA) is 96.3 Å². The van der Waals surface area contributed by atoms with Crippen molar-refractivity contribution in [2.75, 3.05) is 11.4 Å². The van der Waals surface area contributed by atoms with Crippen molar-refractivity contribution in [1.29, 1.82) is 0 Å². The van der Waals surface area contributed by atoms with E-state index < -0.39 is 0 Å². The van der Waals surface area contributed by atoms with Crippen molar-refractivity contribution >= 4 is 51.6 Å². The van der Waals surface area contributed by atoms with E-state index in [-0.39, 0.29) is 23.0 Å². The minimum atomic E-state index is -0.324. The van der Waals surface area contributed by atoms with Gasteiger partial charge in [0.15, 0.2) is 10.9 Å². The van der Waals surface area contributed by atoms with Gasteiger partial charge < -0.3 is 9.40 Å². The molecule has 3 heterocycles. The molecule has 7 nitrogen and oxygen atoms in total. The van der Waals surface area contributed by atoms with Crippen molar-refractivity contribution < 1.29 is 14.0 Å². The summed E-state index contributed by atoms with van der Waals surface area (Å²) in [6.07, 6.45) is 4.37. The number of furan rings is 1. The van der Waals surface area contributed by atoms with E-state index in [9.17, 15) is 14.4 Å². The lowest BCUT2D eigenvalue weighted by Gasteiger charge is -2.14. The van der Waals surface area contributed by atoms with Gasteiger partial charge in [-0.25, -0.2) is 4.98 Å². The van der Waals surface area contributed by atoms with Crippen LogP contribution >= 0.6 is 22.7 Å². The smallest absolute Gasteiger partial charge is 0.266 e. The van der Waals surface area contributed by atoms with Crippen LogP contribution in [-0.2, 0) is 4.79 Å². The van der Waals surface area contributed by atoms with Gasteiger partial charge in [-0.1, -0.05) is 0 Å². The summed E-state index contributed by atoms with van der Waals surface area (Å²) in [5.74, 6) is -0.205. The number of aromatic nitrogens is 2. The zero-order chi connectivity index (χ0) is 18.7. The minimum Gasteiger partial charge on any atom is -0.461 e. The number of carbonyl (C=O) groups excluding carboxylic acids is 2. The summed E-state index contributed by atoms with van der Waals surface area (Å²) < 4.78 is 5.89. The second-order valence-corrected chi connectivity index (χ2v) is 7.15. The lowest BCUT2D eigenvalue weighted by molar-refractivity contribution is -0.116. The first-order chi connectivity index (χ1) is 12.5. The molecule has 0 atom stereocenters. The summed E-state index contributed by atoms with van der Waals surface area (Å²) in [5.41, 5.74) is 0.280. The zero-order valence-corrected chi connectivity index (χ0v) is 15.6. The number of nitrogens with zero attached hydrogens (tertiary/aromatic N) is 2. The van der Waals surface area contributed by atoms with Crippen molar-refractivity contribution in [2.45, 2.75) is 13.8 Å². The average Bonchev–Trinajstić information content (AvgIpc) is 3.31. The van der Waals surface area contributed by atoms with E-state index in [1.807, 2.05) is 6.92 Å². The van der Waals surface area contributed by atoms with Crippen molar-refractivity contribution in [1.82, 2.24) is 9.97 Å². The van der Waals surface area contributed by atoms with Gasteiger partial charge >= 0.3 is 0 Å². The number of carbonyl (C=O) groups is 2. The Morgan fingerprint density at radius 1 is 1.42 bits per heavy atom. The molecule has 0 saturated carbocycles. The Bertz CT molecular complexity index is 1110. The molecule has 0 radical (unpaired) electrons. The monoisotopic (exact) mass is 389 g/mol. The molecule has 3 aromatic heterocycles. The van der Waals surface area contributed by atoms with Crippen LogP contribution in [0.25, 0.3) is 12.2 Å². The summed E-state index contributed by atoms with van der Waals surface area (Å²) in [6, 6.07) is 3.18. The molecule has 0 fully saturated rings. The fourth-order valence-electron chi connectivity index (χ4n) is 2.23. The summed E-state index contributed by atoms with van der Waals surface area (Å²) in [7, 11) is 0. The lowest BCUT2D eigenvalue weighted by atomic mass is 10.3. The fourth-order valence-corrected chi connectivity index (χ4v) is 3.99. The van der Waals surface area contributed by atoms with E-state index in [0.29, 0.717) is 26.6 Å². The van der Waals surface area contributed by atoms with Crippen LogP contribution in [-0.4, -0.2) is 28.2 Å². The number of anilines is 1. The van der Waals surface area contributed by atoms with Gasteiger partial charge in [0.05, 0.1) is 21.2 Å². The molecule has 0 aliphatic carbocycles. The molecule has 3 aromatic rings. The summed E-state index contributed by atoms with van der Waals surface area (Å²) in [5, 5.41) is 2.36. The molecule has 0 aliphatic heterocycles. The molecule has 0 aliphatic rings. The molecule has 1 N–H and O–H groups in total. The van der Waals surface area contributed by atoms with Crippen LogP contribution < -0.4 is 19.7 Å². The molecule has 3 rings (SSSR count). The molecule has 1 amide bonds. The van der Waals surface area contributed by atoms with E-state index in [1.165, 1.54) is 30.6 Å². The normalized spacial score (nSPS) is 12.5. The molecular formula is C17H15N3O4S2. The van der Waals surface area contributed by atoms with E-state index in [2.05, 4.69) is 9.97 Å². The van der Waals surface area contributed by atoms with E-state index in [1.54, 1.807) is 28.5 Å². The standard InChI is InChI=1S/C17H15N3O4S2/c1-3-20(10(2)21)17-18-11(9-25-17)7-14-16(23)19-15(26-14)8-12(22)13-5-4-6-24-13/h4-9H,3H2,1-2H3,(H,19,23)/b14-7-,15-8-. The quantitative estimate of drug-likeness (QED) is 0.665. The van der Waals surface area contributed by atoms with Crippen LogP contribution in [0.15, 0.2) is 33.0 Å². The first-order valence-corrected chi connectivity index (χ1v) is 9.41. The highest BCUT2D eigenvalue weighted by atomic mass is 32.1. The summed E-state index contributed by atoms with van der Waals surface area (Å²) >= 11 is 2.48. The Balaban J connectivity index is 1.92. The van der Waals surface area contributed by atoms with Crippen LogP contribution in [0.3, 0.4) is 0 Å². The Morgan fingerprint density at radius 3 is 2.88 bits per heavy atom. The molecule has 26 heavy (non-hydrogen) atoms. The van der Waals surface area contributed by atoms with Gasteiger partial charge in [-0.2, -0.15) is 0 Å². The molecule has 0 bridgehead atoms. The minimum absolute atomic E-state index is 0.0873.